The number of allylic oxidation sites excluding steroid dienone is 1. The second-order valence-electron chi connectivity index (χ2n) is 5.56. The number of hydrogen-bond acceptors (Lipinski definition) is 2. The first-order valence-electron chi connectivity index (χ1n) is 7.74. The minimum Gasteiger partial charge on any atom is -0.355 e. The molecule has 1 aliphatic rings. The molecule has 0 aromatic heterocycles. The Hall–Kier alpha value is -1.52. The molecule has 0 aliphatic heterocycles. The Labute approximate surface area is 146 Å². The van der Waals surface area contributed by atoms with E-state index in [0.717, 1.165) is 19.3 Å². The van der Waals surface area contributed by atoms with Gasteiger partial charge in [0.15, 0.2) is 0 Å². The first-order chi connectivity index (χ1) is 11.0. The Morgan fingerprint density at radius 1 is 1.09 bits per heavy atom. The van der Waals surface area contributed by atoms with E-state index in [2.05, 4.69) is 16.7 Å². The Balaban J connectivity index is 1.70. The van der Waals surface area contributed by atoms with Crippen molar-refractivity contribution < 1.29 is 9.59 Å². The van der Waals surface area contributed by atoms with Crippen molar-refractivity contribution in [2.45, 2.75) is 38.5 Å². The summed E-state index contributed by atoms with van der Waals surface area (Å²) in [5, 5.41) is 6.18. The van der Waals surface area contributed by atoms with Crippen LogP contribution in [0, 0.1) is 0 Å². The van der Waals surface area contributed by atoms with Crippen LogP contribution < -0.4 is 10.6 Å². The molecule has 0 radical (unpaired) electrons. The minimum atomic E-state index is -0.377. The Morgan fingerprint density at radius 2 is 1.91 bits per heavy atom. The van der Waals surface area contributed by atoms with Crippen LogP contribution in [0.15, 0.2) is 29.8 Å². The van der Waals surface area contributed by atoms with E-state index in [4.69, 9.17) is 23.2 Å². The lowest BCUT2D eigenvalue weighted by molar-refractivity contribution is -0.126. The van der Waals surface area contributed by atoms with Crippen molar-refractivity contribution in [1.29, 1.82) is 0 Å². The van der Waals surface area contributed by atoms with Crippen molar-refractivity contribution in [2.24, 2.45) is 0 Å². The van der Waals surface area contributed by atoms with Crippen LogP contribution in [-0.2, 0) is 9.59 Å². The van der Waals surface area contributed by atoms with Crippen LogP contribution in [0.25, 0.3) is 0 Å². The highest BCUT2D eigenvalue weighted by molar-refractivity contribution is 6.42. The third kappa shape index (κ3) is 6.24. The summed E-state index contributed by atoms with van der Waals surface area (Å²) >= 11 is 11.7. The molecule has 0 bridgehead atoms. The molecule has 0 atom stereocenters. The second-order valence-corrected chi connectivity index (χ2v) is 6.38. The molecule has 2 N–H and O–H groups in total. The highest BCUT2D eigenvalue weighted by atomic mass is 35.5. The van der Waals surface area contributed by atoms with Crippen molar-refractivity contribution in [2.75, 3.05) is 11.9 Å². The summed E-state index contributed by atoms with van der Waals surface area (Å²) in [5.74, 6) is -0.656. The molecular formula is C17H20Cl2N2O2. The number of halogens is 2. The molecule has 0 saturated heterocycles. The fourth-order valence-electron chi connectivity index (χ4n) is 2.48. The van der Waals surface area contributed by atoms with Crippen LogP contribution >= 0.6 is 23.2 Å². The van der Waals surface area contributed by atoms with E-state index in [1.54, 1.807) is 18.2 Å². The maximum Gasteiger partial charge on any atom is 0.233 e. The molecule has 23 heavy (non-hydrogen) atoms. The van der Waals surface area contributed by atoms with E-state index in [-0.39, 0.29) is 18.2 Å². The number of amides is 2. The highest BCUT2D eigenvalue weighted by Crippen LogP contribution is 2.25. The van der Waals surface area contributed by atoms with Gasteiger partial charge in [0.1, 0.15) is 6.42 Å². The van der Waals surface area contributed by atoms with Gasteiger partial charge in [-0.05, 0) is 50.3 Å². The average molecular weight is 355 g/mol. The SMILES string of the molecule is O=C(CC(=O)Nc1ccc(Cl)c(Cl)c1)NCCC1=CCCCC1. The Bertz CT molecular complexity index is 615. The second kappa shape index (κ2) is 8.94. The minimum absolute atomic E-state index is 0.209. The largest absolute Gasteiger partial charge is 0.355 e. The number of nitrogens with one attached hydrogen (secondary N) is 2. The van der Waals surface area contributed by atoms with Gasteiger partial charge in [-0.2, -0.15) is 0 Å². The van der Waals surface area contributed by atoms with E-state index in [0.29, 0.717) is 22.3 Å². The zero-order valence-corrected chi connectivity index (χ0v) is 14.3. The first-order valence-corrected chi connectivity index (χ1v) is 8.49. The molecule has 1 aromatic rings. The smallest absolute Gasteiger partial charge is 0.233 e. The van der Waals surface area contributed by atoms with Crippen LogP contribution in [0.1, 0.15) is 38.5 Å². The van der Waals surface area contributed by atoms with Crippen molar-refractivity contribution in [1.82, 2.24) is 5.32 Å². The first kappa shape index (κ1) is 17.8. The molecule has 4 nitrogen and oxygen atoms in total. The quantitative estimate of drug-likeness (QED) is 0.590. The number of rotatable bonds is 6. The molecule has 2 amide bonds. The van der Waals surface area contributed by atoms with Crippen LogP contribution in [0.4, 0.5) is 5.69 Å². The van der Waals surface area contributed by atoms with E-state index < -0.39 is 0 Å². The molecule has 1 aromatic carbocycles. The maximum absolute atomic E-state index is 11.8. The molecule has 0 heterocycles. The van der Waals surface area contributed by atoms with Crippen LogP contribution in [-0.4, -0.2) is 18.4 Å². The van der Waals surface area contributed by atoms with E-state index in [1.807, 2.05) is 0 Å². The summed E-state index contributed by atoms with van der Waals surface area (Å²) in [5.41, 5.74) is 1.92. The molecule has 6 heteroatoms. The van der Waals surface area contributed by atoms with Gasteiger partial charge in [0, 0.05) is 12.2 Å². The number of anilines is 1. The molecule has 0 fully saturated rings. The maximum atomic E-state index is 11.8. The normalized spacial score (nSPS) is 14.1. The van der Waals surface area contributed by atoms with Gasteiger partial charge in [-0.1, -0.05) is 34.9 Å². The van der Waals surface area contributed by atoms with Crippen LogP contribution in [0.2, 0.25) is 10.0 Å². The van der Waals surface area contributed by atoms with Gasteiger partial charge >= 0.3 is 0 Å². The lowest BCUT2D eigenvalue weighted by Gasteiger charge is -2.13. The van der Waals surface area contributed by atoms with Gasteiger partial charge in [0.2, 0.25) is 11.8 Å². The van der Waals surface area contributed by atoms with Crippen LogP contribution in [0.5, 0.6) is 0 Å². The molecule has 1 aliphatic carbocycles. The Morgan fingerprint density at radius 3 is 2.61 bits per heavy atom. The molecular weight excluding hydrogens is 335 g/mol. The summed E-state index contributed by atoms with van der Waals surface area (Å²) in [6.07, 6.45) is 7.64. The number of hydrogen-bond donors (Lipinski definition) is 2. The fourth-order valence-corrected chi connectivity index (χ4v) is 2.78. The number of carbonyl (C=O) groups is 2. The van der Waals surface area contributed by atoms with Gasteiger partial charge in [0.25, 0.3) is 0 Å². The summed E-state index contributed by atoms with van der Waals surface area (Å²) in [6.45, 7) is 0.574. The lowest BCUT2D eigenvalue weighted by atomic mass is 9.97. The topological polar surface area (TPSA) is 58.2 Å². The van der Waals surface area contributed by atoms with E-state index in [1.165, 1.54) is 18.4 Å². The predicted molar refractivity (Wildman–Crippen MR) is 93.9 cm³/mol. The van der Waals surface area contributed by atoms with E-state index >= 15 is 0 Å². The van der Waals surface area contributed by atoms with Crippen molar-refractivity contribution >= 4 is 40.7 Å². The number of benzene rings is 1. The molecule has 2 rings (SSSR count). The molecule has 124 valence electrons. The highest BCUT2D eigenvalue weighted by Gasteiger charge is 2.11. The summed E-state index contributed by atoms with van der Waals surface area (Å²) in [4.78, 5) is 23.6. The van der Waals surface area contributed by atoms with Gasteiger partial charge in [-0.3, -0.25) is 9.59 Å². The van der Waals surface area contributed by atoms with Crippen LogP contribution in [0.3, 0.4) is 0 Å². The van der Waals surface area contributed by atoms with Crippen molar-refractivity contribution in [3.05, 3.63) is 39.9 Å². The summed E-state index contributed by atoms with van der Waals surface area (Å²) in [7, 11) is 0. The van der Waals surface area contributed by atoms with Gasteiger partial charge in [-0.25, -0.2) is 0 Å². The van der Waals surface area contributed by atoms with E-state index in [9.17, 15) is 9.59 Å². The van der Waals surface area contributed by atoms with Gasteiger partial charge in [0.05, 0.1) is 10.0 Å². The zero-order chi connectivity index (χ0) is 16.7. The molecule has 0 unspecified atom stereocenters. The molecule has 0 spiro atoms. The standard InChI is InChI=1S/C17H20Cl2N2O2/c18-14-7-6-13(10-15(14)19)21-17(23)11-16(22)20-9-8-12-4-2-1-3-5-12/h4,6-7,10H,1-3,5,8-9,11H2,(H,20,22)(H,21,23). The Kier molecular flexibility index (Phi) is 6.93. The number of carbonyl (C=O) groups excluding carboxylic acids is 2. The van der Waals surface area contributed by atoms with Gasteiger partial charge in [-0.15, -0.1) is 0 Å². The third-order valence-corrected chi connectivity index (χ3v) is 4.42. The van der Waals surface area contributed by atoms with Crippen molar-refractivity contribution in [3.8, 4) is 0 Å². The predicted octanol–water partition coefficient (Wildman–Crippen LogP) is 4.33. The average Bonchev–Trinajstić information content (AvgIpc) is 2.52. The fraction of sp³-hybridized carbons (Fsp3) is 0.412. The monoisotopic (exact) mass is 354 g/mol. The lowest BCUT2D eigenvalue weighted by Crippen LogP contribution is -2.29. The summed E-state index contributed by atoms with van der Waals surface area (Å²) in [6, 6.07) is 4.78. The van der Waals surface area contributed by atoms with Gasteiger partial charge < -0.3 is 10.6 Å². The zero-order valence-electron chi connectivity index (χ0n) is 12.8. The molecule has 0 saturated carbocycles. The summed E-state index contributed by atoms with van der Waals surface area (Å²) < 4.78 is 0. The van der Waals surface area contributed by atoms with Crippen molar-refractivity contribution in [3.63, 3.8) is 0 Å². The third-order valence-electron chi connectivity index (χ3n) is 3.68.